The maximum absolute atomic E-state index is 12.4. The van der Waals surface area contributed by atoms with Gasteiger partial charge in [0.2, 0.25) is 0 Å². The molecule has 8 nitrogen and oxygen atoms in total. The summed E-state index contributed by atoms with van der Waals surface area (Å²) in [6.07, 6.45) is 11.0. The van der Waals surface area contributed by atoms with Gasteiger partial charge in [-0.3, -0.25) is 9.98 Å². The summed E-state index contributed by atoms with van der Waals surface area (Å²) in [5.74, 6) is 1.65. The van der Waals surface area contributed by atoms with Gasteiger partial charge in [-0.15, -0.1) is 0 Å². The first-order valence-electron chi connectivity index (χ1n) is 17.1. The lowest BCUT2D eigenvalue weighted by atomic mass is 10.1. The number of esters is 2. The molecule has 0 aromatic heterocycles. The molecule has 0 bridgehead atoms. The zero-order valence-electron chi connectivity index (χ0n) is 28.5. The van der Waals surface area contributed by atoms with Crippen LogP contribution >= 0.6 is 0 Å². The van der Waals surface area contributed by atoms with E-state index in [9.17, 15) is 9.59 Å². The molecular weight excluding hydrogens is 616 g/mol. The van der Waals surface area contributed by atoms with Crippen LogP contribution in [0, 0.1) is 0 Å². The number of benzene rings is 4. The van der Waals surface area contributed by atoms with E-state index in [-0.39, 0.29) is 0 Å². The quantitative estimate of drug-likeness (QED) is 0.0405. The largest absolute Gasteiger partial charge is 0.494 e. The van der Waals surface area contributed by atoms with Gasteiger partial charge in [0.05, 0.1) is 24.3 Å². The molecule has 0 aliphatic rings. The van der Waals surface area contributed by atoms with E-state index in [4.69, 9.17) is 18.9 Å². The van der Waals surface area contributed by atoms with Gasteiger partial charge >= 0.3 is 11.9 Å². The number of rotatable bonds is 20. The van der Waals surface area contributed by atoms with Gasteiger partial charge in [0, 0.05) is 25.5 Å². The van der Waals surface area contributed by atoms with Gasteiger partial charge in [0.15, 0.2) is 0 Å². The Bertz CT molecular complexity index is 1490. The minimum atomic E-state index is -0.404. The second kappa shape index (κ2) is 20.9. The van der Waals surface area contributed by atoms with Crippen molar-refractivity contribution in [3.63, 3.8) is 0 Å². The first kappa shape index (κ1) is 36.6. The highest BCUT2D eigenvalue weighted by molar-refractivity contribution is 5.92. The SMILES string of the molecule is CCCOc1ccc(C(=O)Oc2ccc(C=NCCCCCCCN=Cc3ccc(OC(=O)c4ccc(OCCC)cc4)cc3)cc2)cc1. The van der Waals surface area contributed by atoms with Crippen LogP contribution in [0.3, 0.4) is 0 Å². The highest BCUT2D eigenvalue weighted by atomic mass is 16.5. The van der Waals surface area contributed by atoms with Crippen LogP contribution in [-0.2, 0) is 0 Å². The molecule has 0 saturated carbocycles. The van der Waals surface area contributed by atoms with Gasteiger partial charge in [0.1, 0.15) is 23.0 Å². The topological polar surface area (TPSA) is 95.8 Å². The van der Waals surface area contributed by atoms with Crippen molar-refractivity contribution in [3.8, 4) is 23.0 Å². The van der Waals surface area contributed by atoms with E-state index in [1.165, 1.54) is 0 Å². The first-order valence-corrected chi connectivity index (χ1v) is 17.1. The van der Waals surface area contributed by atoms with Crippen molar-refractivity contribution in [2.24, 2.45) is 9.98 Å². The number of hydrogen-bond acceptors (Lipinski definition) is 8. The molecule has 4 aromatic carbocycles. The molecule has 0 N–H and O–H groups in total. The van der Waals surface area contributed by atoms with E-state index >= 15 is 0 Å². The Balaban J connectivity index is 1.04. The Kier molecular flexibility index (Phi) is 15.6. The lowest BCUT2D eigenvalue weighted by Crippen LogP contribution is -2.08. The normalized spacial score (nSPS) is 11.1. The van der Waals surface area contributed by atoms with Gasteiger partial charge in [-0.1, -0.05) is 33.1 Å². The molecule has 0 saturated heterocycles. The van der Waals surface area contributed by atoms with Crippen LogP contribution in [0.5, 0.6) is 23.0 Å². The second-order valence-corrected chi connectivity index (χ2v) is 11.5. The monoisotopic (exact) mass is 662 g/mol. The molecule has 0 spiro atoms. The summed E-state index contributed by atoms with van der Waals surface area (Å²) >= 11 is 0. The number of ether oxygens (including phenoxy) is 4. The van der Waals surface area contributed by atoms with Crippen molar-refractivity contribution < 1.29 is 28.5 Å². The molecule has 4 rings (SSSR count). The van der Waals surface area contributed by atoms with Crippen molar-refractivity contribution in [3.05, 3.63) is 119 Å². The number of nitrogens with zero attached hydrogens (tertiary/aromatic N) is 2. The standard InChI is InChI=1S/C41H46N2O6/c1-3-28-46-36-22-14-34(15-23-36)40(44)48-38-18-10-32(11-19-38)30-42-26-8-6-5-7-9-27-43-31-33-12-20-39(21-13-33)49-41(45)35-16-24-37(25-17-35)47-29-4-2/h10-25,30-31H,3-9,26-29H2,1-2H3. The summed E-state index contributed by atoms with van der Waals surface area (Å²) < 4.78 is 22.1. The minimum absolute atomic E-state index is 0.404. The Morgan fingerprint density at radius 2 is 0.837 bits per heavy atom. The van der Waals surface area contributed by atoms with Crippen LogP contribution in [0.2, 0.25) is 0 Å². The van der Waals surface area contributed by atoms with Crippen LogP contribution < -0.4 is 18.9 Å². The number of hydrogen-bond donors (Lipinski definition) is 0. The van der Waals surface area contributed by atoms with Crippen molar-refractivity contribution in [2.45, 2.75) is 58.8 Å². The number of carbonyl (C=O) groups is 2. The Morgan fingerprint density at radius 3 is 1.20 bits per heavy atom. The second-order valence-electron chi connectivity index (χ2n) is 11.5. The van der Waals surface area contributed by atoms with Crippen molar-refractivity contribution in [2.75, 3.05) is 26.3 Å². The van der Waals surface area contributed by atoms with E-state index in [0.29, 0.717) is 35.8 Å². The van der Waals surface area contributed by atoms with Gasteiger partial charge < -0.3 is 18.9 Å². The van der Waals surface area contributed by atoms with Gasteiger partial charge in [-0.25, -0.2) is 9.59 Å². The fourth-order valence-electron chi connectivity index (χ4n) is 4.67. The molecular formula is C41H46N2O6. The molecule has 8 heteroatoms. The molecule has 0 amide bonds. The van der Waals surface area contributed by atoms with Gasteiger partial charge in [-0.2, -0.15) is 0 Å². The van der Waals surface area contributed by atoms with Gasteiger partial charge in [0.25, 0.3) is 0 Å². The third-order valence-corrected chi connectivity index (χ3v) is 7.36. The fourth-order valence-corrected chi connectivity index (χ4v) is 4.67. The molecule has 4 aromatic rings. The molecule has 0 fully saturated rings. The Labute approximate surface area is 289 Å². The fraction of sp³-hybridized carbons (Fsp3) is 0.317. The predicted octanol–water partition coefficient (Wildman–Crippen LogP) is 9.19. The lowest BCUT2D eigenvalue weighted by Gasteiger charge is -2.07. The Hall–Kier alpha value is -5.24. The van der Waals surface area contributed by atoms with E-state index in [0.717, 1.165) is 80.7 Å². The summed E-state index contributed by atoms with van der Waals surface area (Å²) in [4.78, 5) is 34.0. The summed E-state index contributed by atoms with van der Waals surface area (Å²) in [5.41, 5.74) is 2.88. The highest BCUT2D eigenvalue weighted by Gasteiger charge is 2.10. The average Bonchev–Trinajstić information content (AvgIpc) is 3.13. The summed E-state index contributed by atoms with van der Waals surface area (Å²) in [7, 11) is 0. The number of aliphatic imine (C=N–C) groups is 2. The highest BCUT2D eigenvalue weighted by Crippen LogP contribution is 2.18. The van der Waals surface area contributed by atoms with Crippen LogP contribution in [0.15, 0.2) is 107 Å². The van der Waals surface area contributed by atoms with Gasteiger partial charge in [-0.05, 0) is 134 Å². The Morgan fingerprint density at radius 1 is 0.490 bits per heavy atom. The van der Waals surface area contributed by atoms with Crippen LogP contribution in [0.4, 0.5) is 0 Å². The molecule has 0 atom stereocenters. The summed E-state index contributed by atoms with van der Waals surface area (Å²) in [5, 5.41) is 0. The maximum Gasteiger partial charge on any atom is 0.343 e. The number of unbranched alkanes of at least 4 members (excludes halogenated alkanes) is 4. The third-order valence-electron chi connectivity index (χ3n) is 7.36. The molecule has 0 radical (unpaired) electrons. The minimum Gasteiger partial charge on any atom is -0.494 e. The zero-order valence-corrected chi connectivity index (χ0v) is 28.5. The van der Waals surface area contributed by atoms with E-state index in [1.54, 1.807) is 72.8 Å². The third kappa shape index (κ3) is 13.4. The summed E-state index contributed by atoms with van der Waals surface area (Å²) in [6, 6.07) is 28.6. The first-order chi connectivity index (χ1) is 24.0. The maximum atomic E-state index is 12.4. The van der Waals surface area contributed by atoms with E-state index in [2.05, 4.69) is 9.98 Å². The molecule has 0 unspecified atom stereocenters. The van der Waals surface area contributed by atoms with Crippen molar-refractivity contribution >= 4 is 24.4 Å². The predicted molar refractivity (Wildman–Crippen MR) is 195 cm³/mol. The number of carbonyl (C=O) groups excluding carboxylic acids is 2. The van der Waals surface area contributed by atoms with Crippen LogP contribution in [-0.4, -0.2) is 50.7 Å². The van der Waals surface area contributed by atoms with Crippen molar-refractivity contribution in [1.82, 2.24) is 0 Å². The summed E-state index contributed by atoms with van der Waals surface area (Å²) in [6.45, 7) is 6.94. The van der Waals surface area contributed by atoms with E-state index < -0.39 is 11.9 Å². The molecule has 256 valence electrons. The van der Waals surface area contributed by atoms with Crippen molar-refractivity contribution in [1.29, 1.82) is 0 Å². The lowest BCUT2D eigenvalue weighted by molar-refractivity contribution is 0.0725. The molecule has 0 aliphatic carbocycles. The molecule has 49 heavy (non-hydrogen) atoms. The zero-order chi connectivity index (χ0) is 34.5. The van der Waals surface area contributed by atoms with E-state index in [1.807, 2.05) is 50.5 Å². The van der Waals surface area contributed by atoms with Crippen LogP contribution in [0.25, 0.3) is 0 Å². The smallest absolute Gasteiger partial charge is 0.343 e. The molecule has 0 heterocycles. The average molecular weight is 663 g/mol. The van der Waals surface area contributed by atoms with Crippen LogP contribution in [0.1, 0.15) is 90.6 Å². The molecule has 0 aliphatic heterocycles.